The Labute approximate surface area is 259 Å². The number of ether oxygens (including phenoxy) is 1. The van der Waals surface area contributed by atoms with Gasteiger partial charge in [-0.1, -0.05) is 28.5 Å². The van der Waals surface area contributed by atoms with E-state index in [0.717, 1.165) is 10.2 Å². The van der Waals surface area contributed by atoms with Gasteiger partial charge in [-0.25, -0.2) is 13.2 Å². The van der Waals surface area contributed by atoms with Crippen LogP contribution in [0.3, 0.4) is 0 Å². The normalized spacial score (nSPS) is 11.2. The van der Waals surface area contributed by atoms with Crippen molar-refractivity contribution in [1.82, 2.24) is 25.3 Å². The number of nitrogens with zero attached hydrogens (tertiary/aromatic N) is 5. The number of tetrazole rings is 1. The molecule has 0 aliphatic carbocycles. The molecule has 2 N–H and O–H groups in total. The number of para-hydroxylation sites is 1. The van der Waals surface area contributed by atoms with Crippen molar-refractivity contribution >= 4 is 43.5 Å². The van der Waals surface area contributed by atoms with Crippen molar-refractivity contribution in [3.05, 3.63) is 77.9 Å². The predicted molar refractivity (Wildman–Crippen MR) is 142 cm³/mol. The number of nitrogens with one attached hydrogen (secondary N) is 1. The Morgan fingerprint density at radius 1 is 1.10 bits per heavy atom. The van der Waals surface area contributed by atoms with E-state index in [-0.39, 0.29) is 58.8 Å². The summed E-state index contributed by atoms with van der Waals surface area (Å²) >= 11 is 1.38. The van der Waals surface area contributed by atoms with Gasteiger partial charge in [0.05, 0.1) is 33.2 Å². The molecule has 0 fully saturated rings. The van der Waals surface area contributed by atoms with Crippen molar-refractivity contribution in [2.24, 2.45) is 0 Å². The van der Waals surface area contributed by atoms with Gasteiger partial charge in [-0.3, -0.25) is 4.79 Å². The van der Waals surface area contributed by atoms with Crippen molar-refractivity contribution in [2.45, 2.75) is 0 Å². The summed E-state index contributed by atoms with van der Waals surface area (Å²) in [7, 11) is -3.02. The van der Waals surface area contributed by atoms with Crippen molar-refractivity contribution in [1.29, 1.82) is 0 Å². The van der Waals surface area contributed by atoms with Gasteiger partial charge in [0.1, 0.15) is 5.75 Å². The molecule has 5 rings (SSSR count). The molecule has 0 unspecified atom stereocenters. The fourth-order valence-electron chi connectivity index (χ4n) is 3.76. The Kier molecular flexibility index (Phi) is 9.16. The number of fused-ring (bicyclic) bond motifs is 1. The number of amides is 1. The first-order chi connectivity index (χ1) is 19.1. The summed E-state index contributed by atoms with van der Waals surface area (Å²) in [6.45, 7) is -0.303. The third-order valence-corrected chi connectivity index (χ3v) is 7.40. The molecule has 0 aliphatic heterocycles. The summed E-state index contributed by atoms with van der Waals surface area (Å²) < 4.78 is 38.7. The minimum atomic E-state index is -4.44. The van der Waals surface area contributed by atoms with Crippen LogP contribution >= 0.6 is 11.3 Å². The number of aromatic carboxylic acids is 1. The smallest absolute Gasteiger partial charge is 0.748 e. The van der Waals surface area contributed by atoms with Gasteiger partial charge in [0, 0.05) is 22.8 Å². The van der Waals surface area contributed by atoms with Crippen LogP contribution in [0.5, 0.6) is 5.75 Å². The maximum Gasteiger partial charge on any atom is 1.00 e. The molecular weight excluding hydrogens is 583 g/mol. The molecule has 0 radical (unpaired) electrons. The summed E-state index contributed by atoms with van der Waals surface area (Å²) in [4.78, 5) is 31.4. The van der Waals surface area contributed by atoms with Crippen LogP contribution in [0.15, 0.2) is 66.7 Å². The minimum Gasteiger partial charge on any atom is -0.748 e. The fraction of sp³-hybridized carbons (Fsp3) is 0.120. The molecule has 1 amide bonds. The first-order valence-corrected chi connectivity index (χ1v) is 14.0. The summed E-state index contributed by atoms with van der Waals surface area (Å²) in [5.41, 5.74) is 2.01. The molecule has 2 aromatic heterocycles. The van der Waals surface area contributed by atoms with Gasteiger partial charge in [-0.15, -0.1) is 0 Å². The van der Waals surface area contributed by atoms with Crippen LogP contribution in [0.4, 0.5) is 0 Å². The number of carbonyl (C=O) groups excluding carboxylic acids is 1. The molecule has 5 aromatic rings. The minimum absolute atomic E-state index is 0. The van der Waals surface area contributed by atoms with E-state index in [9.17, 15) is 27.7 Å². The largest absolute Gasteiger partial charge is 1.00 e. The second kappa shape index (κ2) is 12.4. The number of hydrogen-bond acceptors (Lipinski definition) is 10. The van der Waals surface area contributed by atoms with Gasteiger partial charge in [0.2, 0.25) is 0 Å². The summed E-state index contributed by atoms with van der Waals surface area (Å²) in [5, 5.41) is 21.6. The Morgan fingerprint density at radius 2 is 1.80 bits per heavy atom. The molecule has 204 valence electrons. The molecule has 2 heterocycles. The molecule has 41 heavy (non-hydrogen) atoms. The zero-order valence-electron chi connectivity index (χ0n) is 21.7. The summed E-state index contributed by atoms with van der Waals surface area (Å²) in [6.07, 6.45) is 0. The third kappa shape index (κ3) is 6.78. The number of aromatic nitrogens is 5. The van der Waals surface area contributed by atoms with Gasteiger partial charge >= 0.3 is 40.7 Å². The molecular formula is C25H20N6NaO7S2+. The first-order valence-electron chi connectivity index (χ1n) is 11.6. The van der Waals surface area contributed by atoms with Crippen molar-refractivity contribution in [2.75, 3.05) is 19.4 Å². The number of rotatable bonds is 9. The SMILES string of the molecule is COc1cc(C(=O)O)ccc1-n1nc(-c2ccc(C(=O)NCCS(=O)(=O)[O-])cc2)n[n+]1-c1nc2ccccc2s1.[Na+]. The van der Waals surface area contributed by atoms with E-state index >= 15 is 0 Å². The van der Waals surface area contributed by atoms with Gasteiger partial charge in [-0.05, 0) is 69.3 Å². The van der Waals surface area contributed by atoms with E-state index in [0.29, 0.717) is 16.4 Å². The van der Waals surface area contributed by atoms with Gasteiger partial charge in [0.15, 0.2) is 11.2 Å². The quantitative estimate of drug-likeness (QED) is 0.118. The van der Waals surface area contributed by atoms with E-state index in [4.69, 9.17) is 4.74 Å². The Hall–Kier alpha value is -3.73. The standard InChI is InChI=1S/C25H20N6O7S2.Na/c1-38-20-14-17(24(33)34)10-11-19(20)30-28-22(29-31(30)25-27-18-4-2-3-5-21(18)39-25)15-6-8-16(9-7-15)23(32)26-12-13-40(35,36)37;/h2-11,14H,12-13H2,1H3,(H2-,26,32,33,34,35,36,37);/q;+1. The van der Waals surface area contributed by atoms with Crippen molar-refractivity contribution in [3.63, 3.8) is 0 Å². The molecule has 16 heteroatoms. The number of methoxy groups -OCH3 is 1. The molecule has 0 spiro atoms. The number of carboxylic acid groups (broad SMARTS) is 1. The fourth-order valence-corrected chi connectivity index (χ4v) is 5.02. The van der Waals surface area contributed by atoms with Crippen molar-refractivity contribution < 1.29 is 66.8 Å². The average Bonchev–Trinajstić information content (AvgIpc) is 3.56. The van der Waals surface area contributed by atoms with Crippen LogP contribution in [0.25, 0.3) is 32.4 Å². The molecule has 0 atom stereocenters. The van der Waals surface area contributed by atoms with E-state index in [1.165, 1.54) is 52.3 Å². The molecule has 13 nitrogen and oxygen atoms in total. The molecule has 3 aromatic carbocycles. The van der Waals surface area contributed by atoms with E-state index in [1.807, 2.05) is 24.3 Å². The van der Waals surface area contributed by atoms with Crippen LogP contribution in [-0.4, -0.2) is 69.3 Å². The van der Waals surface area contributed by atoms with Crippen molar-refractivity contribution in [3.8, 4) is 28.0 Å². The van der Waals surface area contributed by atoms with E-state index in [2.05, 4.69) is 20.5 Å². The predicted octanol–water partition coefficient (Wildman–Crippen LogP) is -1.19. The molecule has 0 aliphatic rings. The zero-order chi connectivity index (χ0) is 28.4. The summed E-state index contributed by atoms with van der Waals surface area (Å²) in [5.74, 6) is -1.84. The molecule has 0 saturated carbocycles. The van der Waals surface area contributed by atoms with Gasteiger partial charge < -0.3 is 19.7 Å². The van der Waals surface area contributed by atoms with Gasteiger partial charge in [0.25, 0.3) is 11.7 Å². The summed E-state index contributed by atoms with van der Waals surface area (Å²) in [6, 6.07) is 18.2. The average molecular weight is 604 g/mol. The number of carboxylic acids is 1. The van der Waals surface area contributed by atoms with Crippen LogP contribution in [0.1, 0.15) is 20.7 Å². The second-order valence-corrected chi connectivity index (χ2v) is 10.9. The molecule has 0 bridgehead atoms. The maximum atomic E-state index is 12.3. The monoisotopic (exact) mass is 603 g/mol. The van der Waals surface area contributed by atoms with Crippen LogP contribution in [0.2, 0.25) is 0 Å². The number of carbonyl (C=O) groups is 2. The topological polar surface area (TPSA) is 180 Å². The second-order valence-electron chi connectivity index (χ2n) is 8.35. The Balaban J connectivity index is 0.00000387. The number of thiazole rings is 1. The van der Waals surface area contributed by atoms with E-state index in [1.54, 1.807) is 18.2 Å². The third-order valence-electron chi connectivity index (χ3n) is 5.70. The number of benzene rings is 3. The number of hydrogen-bond donors (Lipinski definition) is 2. The zero-order valence-corrected chi connectivity index (χ0v) is 25.3. The Morgan fingerprint density at radius 3 is 2.46 bits per heavy atom. The van der Waals surface area contributed by atoms with Crippen LogP contribution in [0, 0.1) is 0 Å². The maximum absolute atomic E-state index is 12.3. The van der Waals surface area contributed by atoms with Crippen LogP contribution in [-0.2, 0) is 10.1 Å². The Bertz CT molecular complexity index is 1820. The van der Waals surface area contributed by atoms with Gasteiger partial charge in [-0.2, -0.15) is 0 Å². The van der Waals surface area contributed by atoms with E-state index < -0.39 is 27.7 Å². The van der Waals surface area contributed by atoms with Crippen LogP contribution < -0.4 is 44.4 Å². The first kappa shape index (κ1) is 30.2. The molecule has 0 saturated heterocycles.